The van der Waals surface area contributed by atoms with Crippen molar-refractivity contribution in [3.05, 3.63) is 0 Å². The van der Waals surface area contributed by atoms with Crippen LogP contribution in [-0.2, 0) is 23.9 Å². The Hall–Kier alpha value is -2.85. The molecule has 2 saturated carbocycles. The van der Waals surface area contributed by atoms with Crippen LogP contribution in [-0.4, -0.2) is 77.6 Å². The van der Waals surface area contributed by atoms with Gasteiger partial charge in [0, 0.05) is 6.54 Å². The van der Waals surface area contributed by atoms with Crippen molar-refractivity contribution in [1.82, 2.24) is 20.9 Å². The second-order valence-electron chi connectivity index (χ2n) is 12.2. The summed E-state index contributed by atoms with van der Waals surface area (Å²) in [6.07, 6.45) is 6.31. The van der Waals surface area contributed by atoms with Gasteiger partial charge in [0.2, 0.25) is 17.7 Å². The molecule has 0 radical (unpaired) electrons. The number of nitrogens with zero attached hydrogens (tertiary/aromatic N) is 1. The number of fused-ring (bicyclic) bond motifs is 1. The van der Waals surface area contributed by atoms with Crippen LogP contribution >= 0.6 is 0 Å². The van der Waals surface area contributed by atoms with Gasteiger partial charge in [-0.05, 0) is 55.8 Å². The van der Waals surface area contributed by atoms with Crippen LogP contribution in [0.4, 0.5) is 4.79 Å². The molecule has 1 aliphatic heterocycles. The third kappa shape index (κ3) is 6.77. The molecule has 1 saturated heterocycles. The molecule has 11 nitrogen and oxygen atoms in total. The summed E-state index contributed by atoms with van der Waals surface area (Å²) in [6, 6.07) is -3.68. The smallest absolute Gasteiger partial charge is 0.407 e. The number of amides is 4. The summed E-state index contributed by atoms with van der Waals surface area (Å²) in [6.45, 7) is 7.37. The number of aliphatic carboxylic acids is 1. The quantitative estimate of drug-likeness (QED) is 0.370. The molecule has 2 aliphatic carbocycles. The molecule has 0 aromatic rings. The Bertz CT molecular complexity index is 912. The van der Waals surface area contributed by atoms with Gasteiger partial charge in [0.15, 0.2) is 0 Å². The number of alkyl carbamates (subject to hydrolysis) is 1. The first-order chi connectivity index (χ1) is 17.8. The summed E-state index contributed by atoms with van der Waals surface area (Å²) in [5.41, 5.74) is -0.700. The number of carbonyl (C=O) groups excluding carboxylic acids is 4. The van der Waals surface area contributed by atoms with Gasteiger partial charge in [-0.3, -0.25) is 14.4 Å². The highest BCUT2D eigenvalue weighted by atomic mass is 16.5. The van der Waals surface area contributed by atoms with Crippen molar-refractivity contribution >= 4 is 29.8 Å². The molecule has 6 atom stereocenters. The molecular weight excluding hydrogens is 492 g/mol. The number of hydrogen-bond acceptors (Lipinski definition) is 6. The fraction of sp³-hybridized carbons (Fsp3) is 0.815. The van der Waals surface area contributed by atoms with E-state index in [-0.39, 0.29) is 17.8 Å². The van der Waals surface area contributed by atoms with E-state index in [2.05, 4.69) is 20.7 Å². The lowest BCUT2D eigenvalue weighted by Crippen LogP contribution is -2.62. The Morgan fingerprint density at radius 3 is 2.13 bits per heavy atom. The van der Waals surface area contributed by atoms with E-state index in [0.717, 1.165) is 51.4 Å². The van der Waals surface area contributed by atoms with Crippen LogP contribution in [0.1, 0.15) is 79.1 Å². The summed E-state index contributed by atoms with van der Waals surface area (Å²) in [4.78, 5) is 65.7. The largest absolute Gasteiger partial charge is 0.480 e. The Labute approximate surface area is 224 Å². The number of hydrogen-bond donors (Lipinski definition) is 4. The summed E-state index contributed by atoms with van der Waals surface area (Å²) in [7, 11) is 1.20. The SMILES string of the molecule is COC(=O)N[C@H](C)C(=O)N[C@H](C(=O)N[C@H](C(=O)N1C[C@@H]2CCC[C@@H]2C1C(=O)O)C(C)(C)C)C1CCCCC1. The Morgan fingerprint density at radius 1 is 0.895 bits per heavy atom. The van der Waals surface area contributed by atoms with E-state index in [1.165, 1.54) is 18.9 Å². The molecule has 38 heavy (non-hydrogen) atoms. The minimum atomic E-state index is -1.01. The van der Waals surface area contributed by atoms with E-state index in [0.29, 0.717) is 6.54 Å². The van der Waals surface area contributed by atoms with Gasteiger partial charge in [0.25, 0.3) is 0 Å². The van der Waals surface area contributed by atoms with Crippen molar-refractivity contribution in [2.45, 2.75) is 103 Å². The van der Waals surface area contributed by atoms with E-state index in [9.17, 15) is 29.1 Å². The number of carboxylic acid groups (broad SMARTS) is 1. The summed E-state index contributed by atoms with van der Waals surface area (Å²) < 4.78 is 4.56. The van der Waals surface area contributed by atoms with Crippen molar-refractivity contribution in [3.63, 3.8) is 0 Å². The third-order valence-corrected chi connectivity index (χ3v) is 8.44. The van der Waals surface area contributed by atoms with E-state index < -0.39 is 59.4 Å². The summed E-state index contributed by atoms with van der Waals surface area (Å²) in [5, 5.41) is 18.1. The molecule has 3 rings (SSSR count). The predicted octanol–water partition coefficient (Wildman–Crippen LogP) is 2.04. The van der Waals surface area contributed by atoms with Gasteiger partial charge in [0.05, 0.1) is 7.11 Å². The molecular formula is C27H44N4O7. The lowest BCUT2D eigenvalue weighted by molar-refractivity contribution is -0.152. The van der Waals surface area contributed by atoms with Gasteiger partial charge in [0.1, 0.15) is 24.2 Å². The van der Waals surface area contributed by atoms with Crippen molar-refractivity contribution < 1.29 is 33.8 Å². The Balaban J connectivity index is 1.81. The van der Waals surface area contributed by atoms with Gasteiger partial charge in [-0.15, -0.1) is 0 Å². The first-order valence-electron chi connectivity index (χ1n) is 13.8. The number of carbonyl (C=O) groups is 5. The van der Waals surface area contributed by atoms with E-state index in [1.54, 1.807) is 0 Å². The predicted molar refractivity (Wildman–Crippen MR) is 139 cm³/mol. The number of carboxylic acids is 1. The highest BCUT2D eigenvalue weighted by molar-refractivity contribution is 5.95. The zero-order chi connectivity index (χ0) is 28.2. The standard InChI is InChI=1S/C27H44N4O7/c1-15(28-26(37)38-5)22(32)29-19(16-10-7-6-8-11-16)23(33)30-21(27(2,3)4)24(34)31-14-17-12-9-13-18(17)20(31)25(35)36/h15-21H,6-14H2,1-5H3,(H,28,37)(H,29,32)(H,30,33)(H,35,36)/t15-,17+,18+,19+,20?,21-/m1/s1. The molecule has 0 bridgehead atoms. The molecule has 0 aromatic heterocycles. The average Bonchev–Trinajstić information content (AvgIpc) is 3.46. The van der Waals surface area contributed by atoms with Crippen LogP contribution in [0.25, 0.3) is 0 Å². The van der Waals surface area contributed by atoms with Crippen molar-refractivity contribution in [2.24, 2.45) is 23.2 Å². The van der Waals surface area contributed by atoms with E-state index in [1.807, 2.05) is 20.8 Å². The molecule has 214 valence electrons. The topological polar surface area (TPSA) is 154 Å². The van der Waals surface area contributed by atoms with E-state index >= 15 is 0 Å². The van der Waals surface area contributed by atoms with Crippen LogP contribution in [0.5, 0.6) is 0 Å². The van der Waals surface area contributed by atoms with Gasteiger partial charge in [-0.1, -0.05) is 46.5 Å². The van der Waals surface area contributed by atoms with E-state index in [4.69, 9.17) is 0 Å². The maximum Gasteiger partial charge on any atom is 0.407 e. The van der Waals surface area contributed by atoms with Gasteiger partial charge in [-0.2, -0.15) is 0 Å². The Morgan fingerprint density at radius 2 is 1.55 bits per heavy atom. The van der Waals surface area contributed by atoms with Crippen LogP contribution in [0.2, 0.25) is 0 Å². The number of nitrogens with one attached hydrogen (secondary N) is 3. The Kier molecular flexibility index (Phi) is 9.64. The monoisotopic (exact) mass is 536 g/mol. The van der Waals surface area contributed by atoms with Crippen LogP contribution < -0.4 is 16.0 Å². The fourth-order valence-corrected chi connectivity index (χ4v) is 6.34. The zero-order valence-electron chi connectivity index (χ0n) is 23.2. The molecule has 0 aromatic carbocycles. The van der Waals surface area contributed by atoms with Crippen LogP contribution in [0.15, 0.2) is 0 Å². The molecule has 4 amide bonds. The molecule has 3 fully saturated rings. The van der Waals surface area contributed by atoms with Gasteiger partial charge >= 0.3 is 12.1 Å². The minimum Gasteiger partial charge on any atom is -0.480 e. The number of rotatable bonds is 8. The van der Waals surface area contributed by atoms with Crippen molar-refractivity contribution in [3.8, 4) is 0 Å². The molecule has 11 heteroatoms. The first kappa shape index (κ1) is 29.7. The van der Waals surface area contributed by atoms with Crippen molar-refractivity contribution in [1.29, 1.82) is 0 Å². The second-order valence-corrected chi connectivity index (χ2v) is 12.2. The number of methoxy groups -OCH3 is 1. The maximum atomic E-state index is 13.9. The van der Waals surface area contributed by atoms with Crippen molar-refractivity contribution in [2.75, 3.05) is 13.7 Å². The number of likely N-dealkylation sites (tertiary alicyclic amines) is 1. The van der Waals surface area contributed by atoms with Gasteiger partial charge < -0.3 is 30.7 Å². The van der Waals surface area contributed by atoms with Crippen LogP contribution in [0.3, 0.4) is 0 Å². The maximum absolute atomic E-state index is 13.9. The van der Waals surface area contributed by atoms with Gasteiger partial charge in [-0.25, -0.2) is 9.59 Å². The molecule has 1 unspecified atom stereocenters. The fourth-order valence-electron chi connectivity index (χ4n) is 6.34. The highest BCUT2D eigenvalue weighted by Crippen LogP contribution is 2.43. The molecule has 3 aliphatic rings. The lowest BCUT2D eigenvalue weighted by atomic mass is 9.82. The first-order valence-corrected chi connectivity index (χ1v) is 13.8. The molecule has 0 spiro atoms. The highest BCUT2D eigenvalue weighted by Gasteiger charge is 2.52. The third-order valence-electron chi connectivity index (χ3n) is 8.44. The summed E-state index contributed by atoms with van der Waals surface area (Å²) in [5.74, 6) is -2.44. The summed E-state index contributed by atoms with van der Waals surface area (Å²) >= 11 is 0. The number of ether oxygens (including phenoxy) is 1. The zero-order valence-corrected chi connectivity index (χ0v) is 23.2. The average molecular weight is 537 g/mol. The second kappa shape index (κ2) is 12.3. The minimum absolute atomic E-state index is 0.0640. The van der Waals surface area contributed by atoms with Crippen LogP contribution in [0, 0.1) is 23.2 Å². The normalized spacial score (nSPS) is 26.0. The lowest BCUT2D eigenvalue weighted by Gasteiger charge is -2.37. The molecule has 1 heterocycles. The molecule has 4 N–H and O–H groups in total.